The van der Waals surface area contributed by atoms with Crippen LogP contribution >= 0.6 is 47.8 Å². The van der Waals surface area contributed by atoms with Gasteiger partial charge < -0.3 is 0 Å². The van der Waals surface area contributed by atoms with Crippen LogP contribution in [-0.4, -0.2) is 29.8 Å². The minimum absolute atomic E-state index is 0. The monoisotopic (exact) mass is 648 g/mol. The van der Waals surface area contributed by atoms with Crippen LogP contribution in [0.2, 0.25) is 0 Å². The van der Waals surface area contributed by atoms with E-state index in [2.05, 4.69) is 80.3 Å². The van der Waals surface area contributed by atoms with Crippen molar-refractivity contribution in [2.24, 2.45) is 14.1 Å². The van der Waals surface area contributed by atoms with Crippen molar-refractivity contribution >= 4 is 80.5 Å². The molecule has 0 amide bonds. The molecule has 6 nitrogen and oxygen atoms in total. The fourth-order valence-corrected chi connectivity index (χ4v) is 4.30. The number of nitrogens with zero attached hydrogens (tertiary/aromatic N) is 5. The van der Waals surface area contributed by atoms with Gasteiger partial charge in [-0.2, -0.15) is 15.3 Å². The fraction of sp³-hybridized carbons (Fsp3) is 0.160. The van der Waals surface area contributed by atoms with Gasteiger partial charge in [0.2, 0.25) is 0 Å². The van der Waals surface area contributed by atoms with E-state index in [0.717, 1.165) is 35.4 Å². The third-order valence-electron chi connectivity index (χ3n) is 4.69. The van der Waals surface area contributed by atoms with Crippen molar-refractivity contribution in [2.75, 3.05) is 0 Å². The van der Waals surface area contributed by atoms with Gasteiger partial charge in [-0.15, -0.1) is 0 Å². The van der Waals surface area contributed by atoms with Gasteiger partial charge in [0.05, 0.1) is 28.9 Å². The van der Waals surface area contributed by atoms with Crippen LogP contribution in [-0.2, 0) is 14.1 Å². The lowest BCUT2D eigenvalue weighted by Gasteiger charge is -1.92. The summed E-state index contributed by atoms with van der Waals surface area (Å²) in [4.78, 5) is 0. The topological polar surface area (TPSA) is 64.3 Å². The molecular formula is C25H27Br3N6. The zero-order chi connectivity index (χ0) is 22.7. The minimum atomic E-state index is 0. The third kappa shape index (κ3) is 6.77. The van der Waals surface area contributed by atoms with Crippen LogP contribution in [0.5, 0.6) is 0 Å². The molecule has 0 aliphatic carbocycles. The van der Waals surface area contributed by atoms with Crippen LogP contribution in [0.1, 0.15) is 14.9 Å². The Labute approximate surface area is 224 Å². The SMILES string of the molecule is Brc1ccc2[nH]ncc2c1.C.C.Cn1cc2cc(Br)ccc2n1.Cn1ncc2cc(Br)ccc21. The van der Waals surface area contributed by atoms with E-state index in [1.807, 2.05) is 78.3 Å². The molecule has 178 valence electrons. The standard InChI is InChI=1S/2C8H7BrN2.C7H5BrN2.2CH4/c1-11-5-6-4-7(9)2-3-8(6)10-11;1-11-8-3-2-7(9)4-6(8)5-10-11;8-6-1-2-7-5(3-6)4-9-10-7;;/h2*2-5H,1H3;1-4H,(H,9,10);2*1H4. The van der Waals surface area contributed by atoms with Crippen LogP contribution in [0.25, 0.3) is 32.7 Å². The Balaban J connectivity index is 0.000000175. The van der Waals surface area contributed by atoms with Crippen molar-refractivity contribution < 1.29 is 0 Å². The number of benzene rings is 3. The summed E-state index contributed by atoms with van der Waals surface area (Å²) in [5.74, 6) is 0. The highest BCUT2D eigenvalue weighted by atomic mass is 79.9. The predicted molar refractivity (Wildman–Crippen MR) is 154 cm³/mol. The summed E-state index contributed by atoms with van der Waals surface area (Å²) in [7, 11) is 3.87. The number of halogens is 3. The maximum atomic E-state index is 4.25. The zero-order valence-electron chi connectivity index (χ0n) is 17.3. The van der Waals surface area contributed by atoms with E-state index in [-0.39, 0.29) is 14.9 Å². The average Bonchev–Trinajstić information content (AvgIpc) is 3.46. The third-order valence-corrected chi connectivity index (χ3v) is 6.17. The van der Waals surface area contributed by atoms with Crippen molar-refractivity contribution in [1.29, 1.82) is 0 Å². The highest BCUT2D eigenvalue weighted by Gasteiger charge is 1.98. The summed E-state index contributed by atoms with van der Waals surface area (Å²) < 4.78 is 6.95. The van der Waals surface area contributed by atoms with Gasteiger partial charge >= 0.3 is 0 Å². The summed E-state index contributed by atoms with van der Waals surface area (Å²) in [6.07, 6.45) is 5.67. The number of nitrogens with one attached hydrogen (secondary N) is 1. The van der Waals surface area contributed by atoms with Crippen LogP contribution in [0.3, 0.4) is 0 Å². The molecule has 0 bridgehead atoms. The molecule has 6 rings (SSSR count). The predicted octanol–water partition coefficient (Wildman–Crippen LogP) is 8.27. The summed E-state index contributed by atoms with van der Waals surface area (Å²) in [6.45, 7) is 0. The molecule has 1 N–H and O–H groups in total. The molecule has 0 unspecified atom stereocenters. The van der Waals surface area contributed by atoms with Gasteiger partial charge in [0.15, 0.2) is 0 Å². The van der Waals surface area contributed by atoms with E-state index in [9.17, 15) is 0 Å². The molecule has 0 saturated heterocycles. The molecule has 0 radical (unpaired) electrons. The van der Waals surface area contributed by atoms with Crippen molar-refractivity contribution in [1.82, 2.24) is 29.8 Å². The molecule has 34 heavy (non-hydrogen) atoms. The van der Waals surface area contributed by atoms with Crippen LogP contribution in [0, 0.1) is 0 Å². The number of H-pyrrole nitrogens is 1. The number of hydrogen-bond donors (Lipinski definition) is 1. The van der Waals surface area contributed by atoms with Gasteiger partial charge in [0.1, 0.15) is 0 Å². The van der Waals surface area contributed by atoms with Gasteiger partial charge in [-0.05, 0) is 54.6 Å². The Morgan fingerprint density at radius 3 is 2.09 bits per heavy atom. The second-order valence-electron chi connectivity index (χ2n) is 7.08. The molecular weight excluding hydrogens is 624 g/mol. The molecule has 3 heterocycles. The first kappa shape index (κ1) is 27.8. The number of aromatic amines is 1. The van der Waals surface area contributed by atoms with E-state index < -0.39 is 0 Å². The Morgan fingerprint density at radius 1 is 0.735 bits per heavy atom. The van der Waals surface area contributed by atoms with Crippen molar-refractivity contribution in [3.8, 4) is 0 Å². The number of aryl methyl sites for hydroxylation is 2. The lowest BCUT2D eigenvalue weighted by molar-refractivity contribution is 0.780. The largest absolute Gasteiger partial charge is 0.278 e. The highest BCUT2D eigenvalue weighted by Crippen LogP contribution is 2.19. The van der Waals surface area contributed by atoms with Crippen LogP contribution in [0.4, 0.5) is 0 Å². The van der Waals surface area contributed by atoms with E-state index in [4.69, 9.17) is 0 Å². The molecule has 0 fully saturated rings. The molecule has 0 saturated carbocycles. The second kappa shape index (κ2) is 12.3. The van der Waals surface area contributed by atoms with Gasteiger partial charge in [-0.1, -0.05) is 62.6 Å². The Kier molecular flexibility index (Phi) is 10.0. The fourth-order valence-electron chi connectivity index (χ4n) is 3.17. The minimum Gasteiger partial charge on any atom is -0.278 e. The zero-order valence-corrected chi connectivity index (χ0v) is 22.1. The number of aromatic nitrogens is 6. The first-order valence-corrected chi connectivity index (χ1v) is 12.0. The first-order valence-electron chi connectivity index (χ1n) is 9.64. The Hall–Kier alpha value is -2.49. The molecule has 3 aromatic carbocycles. The maximum Gasteiger partial charge on any atom is 0.0923 e. The molecule has 9 heteroatoms. The molecule has 6 aromatic rings. The first-order chi connectivity index (χ1) is 15.4. The average molecular weight is 651 g/mol. The molecule has 0 aliphatic heterocycles. The van der Waals surface area contributed by atoms with Crippen molar-refractivity contribution in [2.45, 2.75) is 14.9 Å². The smallest absolute Gasteiger partial charge is 0.0923 e. The van der Waals surface area contributed by atoms with Gasteiger partial charge in [0.25, 0.3) is 0 Å². The van der Waals surface area contributed by atoms with Gasteiger partial charge in [0, 0.05) is 49.9 Å². The van der Waals surface area contributed by atoms with Crippen LogP contribution < -0.4 is 0 Å². The van der Waals surface area contributed by atoms with E-state index in [0.29, 0.717) is 0 Å². The van der Waals surface area contributed by atoms with E-state index in [1.54, 1.807) is 6.20 Å². The second-order valence-corrected chi connectivity index (χ2v) is 9.83. The number of rotatable bonds is 0. The number of fused-ring (bicyclic) bond motifs is 3. The maximum absolute atomic E-state index is 4.25. The van der Waals surface area contributed by atoms with Gasteiger partial charge in [-0.25, -0.2) is 0 Å². The van der Waals surface area contributed by atoms with Gasteiger partial charge in [-0.3, -0.25) is 14.5 Å². The lowest BCUT2D eigenvalue weighted by Crippen LogP contribution is -1.87. The highest BCUT2D eigenvalue weighted by molar-refractivity contribution is 9.11. The Morgan fingerprint density at radius 2 is 1.35 bits per heavy atom. The summed E-state index contributed by atoms with van der Waals surface area (Å²) in [6, 6.07) is 18.2. The Bertz CT molecular complexity index is 1490. The molecule has 0 spiro atoms. The van der Waals surface area contributed by atoms with Crippen molar-refractivity contribution in [3.05, 3.63) is 86.6 Å². The molecule has 0 atom stereocenters. The summed E-state index contributed by atoms with van der Waals surface area (Å²) in [5, 5.41) is 18.6. The van der Waals surface area contributed by atoms with Crippen LogP contribution in [0.15, 0.2) is 86.6 Å². The normalized spacial score (nSPS) is 10.0. The molecule has 3 aromatic heterocycles. The number of hydrogen-bond acceptors (Lipinski definition) is 3. The van der Waals surface area contributed by atoms with E-state index in [1.165, 1.54) is 10.8 Å². The summed E-state index contributed by atoms with van der Waals surface area (Å²) in [5.41, 5.74) is 3.27. The summed E-state index contributed by atoms with van der Waals surface area (Å²) >= 11 is 10.2. The molecule has 0 aliphatic rings. The lowest BCUT2D eigenvalue weighted by atomic mass is 10.3. The van der Waals surface area contributed by atoms with E-state index >= 15 is 0 Å². The quantitative estimate of drug-likeness (QED) is 0.180. The van der Waals surface area contributed by atoms with Crippen molar-refractivity contribution in [3.63, 3.8) is 0 Å².